The number of anilines is 1. The number of thiophene rings is 1. The third-order valence-electron chi connectivity index (χ3n) is 2.91. The largest absolute Gasteiger partial charge is 0.389 e. The molecule has 0 unspecified atom stereocenters. The monoisotopic (exact) mass is 294 g/mol. The first-order chi connectivity index (χ1) is 9.11. The fourth-order valence-electron chi connectivity index (χ4n) is 1.84. The summed E-state index contributed by atoms with van der Waals surface area (Å²) in [6.07, 6.45) is 1.01. The van der Waals surface area contributed by atoms with Crippen LogP contribution in [0.25, 0.3) is 0 Å². The van der Waals surface area contributed by atoms with Crippen LogP contribution >= 0.6 is 23.6 Å². The van der Waals surface area contributed by atoms with Crippen molar-refractivity contribution in [3.05, 3.63) is 51.5 Å². The van der Waals surface area contributed by atoms with Crippen LogP contribution in [0, 0.1) is 5.82 Å². The Morgan fingerprint density at radius 2 is 2.21 bits per heavy atom. The molecule has 0 aliphatic carbocycles. The van der Waals surface area contributed by atoms with Crippen LogP contribution in [0.4, 0.5) is 10.1 Å². The molecule has 0 aliphatic heterocycles. The smallest absolute Gasteiger partial charge is 0.135 e. The number of nitrogens with one attached hydrogen (secondary N) is 1. The van der Waals surface area contributed by atoms with Crippen LogP contribution in [0.3, 0.4) is 0 Å². The third-order valence-corrected chi connectivity index (χ3v) is 4.09. The van der Waals surface area contributed by atoms with E-state index in [-0.39, 0.29) is 16.4 Å². The molecule has 0 atom stereocenters. The molecule has 19 heavy (non-hydrogen) atoms. The van der Waals surface area contributed by atoms with Gasteiger partial charge in [0.15, 0.2) is 0 Å². The van der Waals surface area contributed by atoms with Crippen molar-refractivity contribution >= 4 is 34.2 Å². The van der Waals surface area contributed by atoms with Gasteiger partial charge >= 0.3 is 0 Å². The molecular weight excluding hydrogens is 279 g/mol. The predicted octanol–water partition coefficient (Wildman–Crippen LogP) is 3.70. The molecule has 100 valence electrons. The zero-order valence-electron chi connectivity index (χ0n) is 10.6. The first kappa shape index (κ1) is 14.0. The van der Waals surface area contributed by atoms with Crippen molar-refractivity contribution in [1.82, 2.24) is 0 Å². The third kappa shape index (κ3) is 3.30. The molecule has 1 aromatic heterocycles. The molecule has 1 heterocycles. The number of nitrogens with two attached hydrogens (primary N) is 1. The summed E-state index contributed by atoms with van der Waals surface area (Å²) in [4.78, 5) is 1.36. The second kappa shape index (κ2) is 6.12. The normalized spacial score (nSPS) is 10.4. The van der Waals surface area contributed by atoms with E-state index in [2.05, 4.69) is 23.7 Å². The quantitative estimate of drug-likeness (QED) is 0.826. The minimum absolute atomic E-state index is 0.0792. The average Bonchev–Trinajstić information content (AvgIpc) is 2.83. The lowest BCUT2D eigenvalue weighted by atomic mass is 10.2. The lowest BCUT2D eigenvalue weighted by Crippen LogP contribution is -2.12. The van der Waals surface area contributed by atoms with E-state index in [1.165, 1.54) is 16.5 Å². The van der Waals surface area contributed by atoms with Crippen LogP contribution < -0.4 is 11.1 Å². The summed E-state index contributed by atoms with van der Waals surface area (Å²) in [5.41, 5.74) is 7.77. The van der Waals surface area contributed by atoms with E-state index in [0.717, 1.165) is 12.1 Å². The van der Waals surface area contributed by atoms with Gasteiger partial charge in [0.05, 0.1) is 0 Å². The zero-order chi connectivity index (χ0) is 13.8. The Bertz CT molecular complexity index is 593. The number of halogens is 1. The Labute approximate surface area is 121 Å². The lowest BCUT2D eigenvalue weighted by Gasteiger charge is -2.08. The van der Waals surface area contributed by atoms with E-state index >= 15 is 0 Å². The van der Waals surface area contributed by atoms with Gasteiger partial charge in [-0.2, -0.15) is 0 Å². The van der Waals surface area contributed by atoms with Crippen LogP contribution in [0.15, 0.2) is 29.6 Å². The lowest BCUT2D eigenvalue weighted by molar-refractivity contribution is 0.626. The van der Waals surface area contributed by atoms with Gasteiger partial charge in [-0.25, -0.2) is 4.39 Å². The molecular formula is C14H15FN2S2. The first-order valence-electron chi connectivity index (χ1n) is 6.00. The minimum atomic E-state index is -0.389. The number of thiocarbonyl (C=S) groups is 1. The Kier molecular flexibility index (Phi) is 4.50. The number of hydrogen-bond acceptors (Lipinski definition) is 3. The van der Waals surface area contributed by atoms with Crippen molar-refractivity contribution in [1.29, 1.82) is 0 Å². The zero-order valence-corrected chi connectivity index (χ0v) is 12.2. The van der Waals surface area contributed by atoms with Crippen molar-refractivity contribution in [2.45, 2.75) is 19.9 Å². The summed E-state index contributed by atoms with van der Waals surface area (Å²) >= 11 is 6.48. The fourth-order valence-corrected chi connectivity index (χ4v) is 2.93. The van der Waals surface area contributed by atoms with Gasteiger partial charge in [0.25, 0.3) is 0 Å². The highest BCUT2D eigenvalue weighted by atomic mass is 32.1. The minimum Gasteiger partial charge on any atom is -0.389 e. The first-order valence-corrected chi connectivity index (χ1v) is 7.29. The van der Waals surface area contributed by atoms with Gasteiger partial charge in [-0.15, -0.1) is 11.3 Å². The van der Waals surface area contributed by atoms with Crippen LogP contribution in [0.1, 0.15) is 22.9 Å². The SMILES string of the molecule is CCc1ccsc1CNc1ccc(C(N)=S)c(F)c1. The van der Waals surface area contributed by atoms with E-state index < -0.39 is 0 Å². The van der Waals surface area contributed by atoms with Crippen LogP contribution in [0.5, 0.6) is 0 Å². The van der Waals surface area contributed by atoms with Crippen molar-refractivity contribution in [2.24, 2.45) is 5.73 Å². The molecule has 0 saturated heterocycles. The number of hydrogen-bond donors (Lipinski definition) is 2. The van der Waals surface area contributed by atoms with Crippen LogP contribution in [0.2, 0.25) is 0 Å². The summed E-state index contributed by atoms with van der Waals surface area (Å²) in [5, 5.41) is 5.29. The van der Waals surface area contributed by atoms with Crippen LogP contribution in [-0.4, -0.2) is 4.99 Å². The van der Waals surface area contributed by atoms with Gasteiger partial charge in [0.2, 0.25) is 0 Å². The Morgan fingerprint density at radius 3 is 2.84 bits per heavy atom. The van der Waals surface area contributed by atoms with Gasteiger partial charge in [0.1, 0.15) is 10.8 Å². The molecule has 2 aromatic rings. The molecule has 0 fully saturated rings. The topological polar surface area (TPSA) is 38.0 Å². The molecule has 0 amide bonds. The van der Waals surface area contributed by atoms with E-state index in [0.29, 0.717) is 6.54 Å². The van der Waals surface area contributed by atoms with E-state index in [1.807, 2.05) is 0 Å². The van der Waals surface area contributed by atoms with Crippen molar-refractivity contribution in [3.63, 3.8) is 0 Å². The summed E-state index contributed by atoms with van der Waals surface area (Å²) in [7, 11) is 0. The Hall–Kier alpha value is -1.46. The van der Waals surface area contributed by atoms with Gasteiger partial charge in [-0.3, -0.25) is 0 Å². The fraction of sp³-hybridized carbons (Fsp3) is 0.214. The second-order valence-corrected chi connectivity index (χ2v) is 5.58. The summed E-state index contributed by atoms with van der Waals surface area (Å²) in [6, 6.07) is 6.94. The Balaban J connectivity index is 2.08. The predicted molar refractivity (Wildman–Crippen MR) is 83.3 cm³/mol. The molecule has 0 aliphatic rings. The van der Waals surface area contributed by atoms with Gasteiger partial charge in [-0.1, -0.05) is 19.1 Å². The molecule has 3 N–H and O–H groups in total. The van der Waals surface area contributed by atoms with Gasteiger partial charge in [-0.05, 0) is 41.6 Å². The average molecular weight is 294 g/mol. The molecule has 2 nitrogen and oxygen atoms in total. The summed E-state index contributed by atoms with van der Waals surface area (Å²) in [6.45, 7) is 2.83. The van der Waals surface area contributed by atoms with E-state index in [1.54, 1.807) is 23.5 Å². The molecule has 2 rings (SSSR count). The molecule has 0 saturated carbocycles. The number of rotatable bonds is 5. The highest BCUT2D eigenvalue weighted by Crippen LogP contribution is 2.20. The number of benzene rings is 1. The maximum absolute atomic E-state index is 13.7. The van der Waals surface area contributed by atoms with Gasteiger partial charge in [0, 0.05) is 22.7 Å². The number of aryl methyl sites for hydroxylation is 1. The maximum Gasteiger partial charge on any atom is 0.135 e. The molecule has 0 spiro atoms. The molecule has 0 bridgehead atoms. The van der Waals surface area contributed by atoms with E-state index in [4.69, 9.17) is 18.0 Å². The molecule has 0 radical (unpaired) electrons. The highest BCUT2D eigenvalue weighted by Gasteiger charge is 2.07. The Morgan fingerprint density at radius 1 is 1.42 bits per heavy atom. The summed E-state index contributed by atoms with van der Waals surface area (Å²) in [5.74, 6) is -0.389. The molecule has 1 aromatic carbocycles. The van der Waals surface area contributed by atoms with Crippen molar-refractivity contribution < 1.29 is 4.39 Å². The highest BCUT2D eigenvalue weighted by molar-refractivity contribution is 7.80. The van der Waals surface area contributed by atoms with Crippen LogP contribution in [-0.2, 0) is 13.0 Å². The van der Waals surface area contributed by atoms with E-state index in [9.17, 15) is 4.39 Å². The van der Waals surface area contributed by atoms with Crippen molar-refractivity contribution in [2.75, 3.05) is 5.32 Å². The standard InChI is InChI=1S/C14H15FN2S2/c1-2-9-5-6-19-13(9)8-17-10-3-4-11(14(16)18)12(15)7-10/h3-7,17H,2,8H2,1H3,(H2,16,18). The second-order valence-electron chi connectivity index (χ2n) is 4.13. The van der Waals surface area contributed by atoms with Gasteiger partial charge < -0.3 is 11.1 Å². The van der Waals surface area contributed by atoms with Crippen molar-refractivity contribution in [3.8, 4) is 0 Å². The molecule has 5 heteroatoms. The maximum atomic E-state index is 13.7. The summed E-state index contributed by atoms with van der Waals surface area (Å²) < 4.78 is 13.7.